The van der Waals surface area contributed by atoms with Gasteiger partial charge in [0.1, 0.15) is 23.5 Å². The second kappa shape index (κ2) is 9.06. The van der Waals surface area contributed by atoms with Crippen molar-refractivity contribution in [1.29, 1.82) is 5.41 Å². The maximum atomic E-state index is 8.13. The summed E-state index contributed by atoms with van der Waals surface area (Å²) < 4.78 is 10.1. The molecular weight excluding hydrogens is 334 g/mol. The fraction of sp³-hybridized carbons (Fsp3) is 0.357. The Morgan fingerprint density at radius 2 is 2.12 bits per heavy atom. The molecule has 0 saturated carbocycles. The van der Waals surface area contributed by atoms with Gasteiger partial charge in [0.05, 0.1) is 18.9 Å². The first kappa shape index (κ1) is 18.0. The highest BCUT2D eigenvalue weighted by Crippen LogP contribution is 2.27. The SMILES string of the molecule is COCCNc1c(Nc2ccncn2)nc(Cl)nc1C(=N)COC. The zero-order valence-corrected chi connectivity index (χ0v) is 14.1. The van der Waals surface area contributed by atoms with E-state index in [1.807, 2.05) is 0 Å². The molecule has 2 aromatic heterocycles. The van der Waals surface area contributed by atoms with E-state index in [9.17, 15) is 0 Å². The molecule has 9 nitrogen and oxygen atoms in total. The van der Waals surface area contributed by atoms with Crippen molar-refractivity contribution in [3.63, 3.8) is 0 Å². The van der Waals surface area contributed by atoms with E-state index in [1.165, 1.54) is 13.4 Å². The normalized spacial score (nSPS) is 10.5. The third-order valence-corrected chi connectivity index (χ3v) is 3.06. The molecule has 0 spiro atoms. The summed E-state index contributed by atoms with van der Waals surface area (Å²) in [5, 5.41) is 14.3. The molecule has 128 valence electrons. The second-order valence-corrected chi connectivity index (χ2v) is 4.95. The van der Waals surface area contributed by atoms with Gasteiger partial charge in [-0.2, -0.15) is 4.98 Å². The van der Waals surface area contributed by atoms with E-state index in [0.29, 0.717) is 36.2 Å². The van der Waals surface area contributed by atoms with Gasteiger partial charge < -0.3 is 25.5 Å². The van der Waals surface area contributed by atoms with Crippen LogP contribution in [0.15, 0.2) is 18.6 Å². The van der Waals surface area contributed by atoms with Crippen molar-refractivity contribution in [2.24, 2.45) is 0 Å². The molecule has 0 fully saturated rings. The molecule has 0 aliphatic carbocycles. The number of hydrogen-bond donors (Lipinski definition) is 3. The third kappa shape index (κ3) is 4.82. The molecular formula is C14H18ClN7O2. The Labute approximate surface area is 144 Å². The summed E-state index contributed by atoms with van der Waals surface area (Å²) in [6.45, 7) is 1.08. The van der Waals surface area contributed by atoms with Crippen LogP contribution >= 0.6 is 11.6 Å². The van der Waals surface area contributed by atoms with E-state index in [4.69, 9.17) is 26.5 Å². The average molecular weight is 352 g/mol. The van der Waals surface area contributed by atoms with Crippen LogP contribution in [-0.4, -0.2) is 59.6 Å². The van der Waals surface area contributed by atoms with Crippen LogP contribution < -0.4 is 10.6 Å². The molecule has 0 aliphatic heterocycles. The van der Waals surface area contributed by atoms with Crippen molar-refractivity contribution in [2.45, 2.75) is 0 Å². The van der Waals surface area contributed by atoms with Gasteiger partial charge in [-0.1, -0.05) is 0 Å². The summed E-state index contributed by atoms with van der Waals surface area (Å²) in [5.41, 5.74) is 1.05. The summed E-state index contributed by atoms with van der Waals surface area (Å²) in [5.74, 6) is 0.944. The van der Waals surface area contributed by atoms with Crippen LogP contribution in [0.4, 0.5) is 17.3 Å². The number of nitrogens with one attached hydrogen (secondary N) is 3. The molecule has 0 bridgehead atoms. The smallest absolute Gasteiger partial charge is 0.225 e. The topological polar surface area (TPSA) is 118 Å². The second-order valence-electron chi connectivity index (χ2n) is 4.62. The number of aromatic nitrogens is 4. The van der Waals surface area contributed by atoms with E-state index in [0.717, 1.165) is 0 Å². The Bertz CT molecular complexity index is 684. The minimum absolute atomic E-state index is 0.0136. The van der Waals surface area contributed by atoms with Gasteiger partial charge in [0, 0.05) is 27.0 Å². The van der Waals surface area contributed by atoms with Gasteiger partial charge >= 0.3 is 0 Å². The van der Waals surface area contributed by atoms with E-state index in [-0.39, 0.29) is 17.6 Å². The van der Waals surface area contributed by atoms with Crippen molar-refractivity contribution in [3.05, 3.63) is 29.6 Å². The summed E-state index contributed by atoms with van der Waals surface area (Å²) in [4.78, 5) is 16.3. The molecule has 2 rings (SSSR count). The number of rotatable bonds is 9. The Morgan fingerprint density at radius 1 is 1.29 bits per heavy atom. The quantitative estimate of drug-likeness (QED) is 0.355. The van der Waals surface area contributed by atoms with Crippen molar-refractivity contribution >= 4 is 34.6 Å². The maximum Gasteiger partial charge on any atom is 0.225 e. The first-order chi connectivity index (χ1) is 11.7. The molecule has 0 amide bonds. The first-order valence-electron chi connectivity index (χ1n) is 7.05. The van der Waals surface area contributed by atoms with Gasteiger partial charge in [-0.05, 0) is 17.7 Å². The van der Waals surface area contributed by atoms with E-state index >= 15 is 0 Å². The highest BCUT2D eigenvalue weighted by Gasteiger charge is 2.18. The van der Waals surface area contributed by atoms with Gasteiger partial charge in [0.15, 0.2) is 5.82 Å². The molecule has 2 aromatic rings. The van der Waals surface area contributed by atoms with Gasteiger partial charge in [0.25, 0.3) is 0 Å². The van der Waals surface area contributed by atoms with Crippen LogP contribution in [0.3, 0.4) is 0 Å². The van der Waals surface area contributed by atoms with Gasteiger partial charge in [0.2, 0.25) is 5.28 Å². The summed E-state index contributed by atoms with van der Waals surface area (Å²) in [6, 6.07) is 1.69. The lowest BCUT2D eigenvalue weighted by molar-refractivity contribution is 0.211. The molecule has 0 radical (unpaired) electrons. The fourth-order valence-electron chi connectivity index (χ4n) is 1.89. The van der Waals surface area contributed by atoms with Crippen LogP contribution in [0.5, 0.6) is 0 Å². The lowest BCUT2D eigenvalue weighted by Crippen LogP contribution is -2.18. The fourth-order valence-corrected chi connectivity index (χ4v) is 2.06. The van der Waals surface area contributed by atoms with Crippen LogP contribution in [-0.2, 0) is 9.47 Å². The molecule has 0 aromatic carbocycles. The Morgan fingerprint density at radius 3 is 2.79 bits per heavy atom. The number of nitrogens with zero attached hydrogens (tertiary/aromatic N) is 4. The molecule has 0 aliphatic rings. The van der Waals surface area contributed by atoms with Crippen molar-refractivity contribution in [3.8, 4) is 0 Å². The van der Waals surface area contributed by atoms with Gasteiger partial charge in [-0.3, -0.25) is 0 Å². The maximum absolute atomic E-state index is 8.13. The highest BCUT2D eigenvalue weighted by atomic mass is 35.5. The van der Waals surface area contributed by atoms with Crippen LogP contribution in [0.25, 0.3) is 0 Å². The van der Waals surface area contributed by atoms with Gasteiger partial charge in [-0.15, -0.1) is 0 Å². The molecule has 0 unspecified atom stereocenters. The largest absolute Gasteiger partial charge is 0.383 e. The number of anilines is 3. The number of halogens is 1. The number of ether oxygens (including phenoxy) is 2. The van der Waals surface area contributed by atoms with Gasteiger partial charge in [-0.25, -0.2) is 15.0 Å². The lowest BCUT2D eigenvalue weighted by atomic mass is 10.2. The molecule has 2 heterocycles. The molecule has 24 heavy (non-hydrogen) atoms. The summed E-state index contributed by atoms with van der Waals surface area (Å²) in [6.07, 6.45) is 3.01. The zero-order valence-electron chi connectivity index (χ0n) is 13.3. The highest BCUT2D eigenvalue weighted by molar-refractivity contribution is 6.28. The van der Waals surface area contributed by atoms with E-state index < -0.39 is 0 Å². The molecule has 3 N–H and O–H groups in total. The van der Waals surface area contributed by atoms with Crippen LogP contribution in [0.1, 0.15) is 5.69 Å². The number of hydrogen-bond acceptors (Lipinski definition) is 9. The van der Waals surface area contributed by atoms with Crippen molar-refractivity contribution in [2.75, 3.05) is 44.6 Å². The lowest BCUT2D eigenvalue weighted by Gasteiger charge is -2.16. The third-order valence-electron chi connectivity index (χ3n) is 2.89. The summed E-state index contributed by atoms with van der Waals surface area (Å²) >= 11 is 6.01. The monoisotopic (exact) mass is 351 g/mol. The summed E-state index contributed by atoms with van der Waals surface area (Å²) in [7, 11) is 3.11. The van der Waals surface area contributed by atoms with Crippen molar-refractivity contribution < 1.29 is 9.47 Å². The Kier molecular flexibility index (Phi) is 6.79. The standard InChI is InChI=1S/C14H18ClN7O2/c1-23-6-5-18-12-11(9(16)7-24-2)21-14(15)22-13(12)20-10-3-4-17-8-19-10/h3-4,8,16,18H,5-7H2,1-2H3,(H,17,19,20,21,22). The van der Waals surface area contributed by atoms with Crippen LogP contribution in [0.2, 0.25) is 5.28 Å². The molecule has 10 heteroatoms. The van der Waals surface area contributed by atoms with E-state index in [2.05, 4.69) is 30.6 Å². The first-order valence-corrected chi connectivity index (χ1v) is 7.43. The minimum Gasteiger partial charge on any atom is -0.383 e. The van der Waals surface area contributed by atoms with Crippen molar-refractivity contribution in [1.82, 2.24) is 19.9 Å². The molecule has 0 atom stereocenters. The predicted octanol–water partition coefficient (Wildman–Crippen LogP) is 1.74. The Hall–Kier alpha value is -2.36. The number of methoxy groups -OCH3 is 2. The van der Waals surface area contributed by atoms with E-state index in [1.54, 1.807) is 19.4 Å². The minimum atomic E-state index is 0.0136. The Balaban J connectivity index is 2.40. The average Bonchev–Trinajstić information content (AvgIpc) is 2.57. The zero-order chi connectivity index (χ0) is 17.4. The predicted molar refractivity (Wildman–Crippen MR) is 91.4 cm³/mol. The molecule has 0 saturated heterocycles. The van der Waals surface area contributed by atoms with Crippen LogP contribution in [0, 0.1) is 5.41 Å².